The molecule has 0 bridgehead atoms. The molecule has 0 aliphatic heterocycles. The van der Waals surface area contributed by atoms with E-state index in [-0.39, 0.29) is 16.6 Å². The minimum Gasteiger partial charge on any atom is -0.507 e. The number of H-pyrrole nitrogens is 1. The molecule has 0 amide bonds. The minimum atomic E-state index is -0.143. The maximum atomic E-state index is 10.7. The number of benzene rings is 2. The number of thiazole rings is 1. The maximum absolute atomic E-state index is 10.7. The van der Waals surface area contributed by atoms with Crippen molar-refractivity contribution in [1.29, 1.82) is 0 Å². The first-order valence-electron chi connectivity index (χ1n) is 9.70. The molecule has 6 heteroatoms. The Hall–Kier alpha value is -2.60. The minimum absolute atomic E-state index is 0.0210. The fraction of sp³-hybridized carbons (Fsp3) is 0.391. The fourth-order valence-corrected chi connectivity index (χ4v) is 4.43. The van der Waals surface area contributed by atoms with Crippen molar-refractivity contribution in [3.8, 4) is 22.9 Å². The van der Waals surface area contributed by atoms with Crippen molar-refractivity contribution in [2.24, 2.45) is 0 Å². The summed E-state index contributed by atoms with van der Waals surface area (Å²) in [4.78, 5) is 12.9. The van der Waals surface area contributed by atoms with Gasteiger partial charge < -0.3 is 14.8 Å². The predicted octanol–water partition coefficient (Wildman–Crippen LogP) is 6.15. The van der Waals surface area contributed by atoms with Gasteiger partial charge in [-0.3, -0.25) is 0 Å². The van der Waals surface area contributed by atoms with Crippen molar-refractivity contribution in [2.45, 2.75) is 52.4 Å². The highest BCUT2D eigenvalue weighted by atomic mass is 32.1. The quantitative estimate of drug-likeness (QED) is 0.417. The summed E-state index contributed by atoms with van der Waals surface area (Å²) in [7, 11) is 1.65. The highest BCUT2D eigenvalue weighted by Crippen LogP contribution is 2.40. The Balaban J connectivity index is 1.84. The summed E-state index contributed by atoms with van der Waals surface area (Å²) >= 11 is 1.70. The molecule has 152 valence electrons. The number of ether oxygens (including phenoxy) is 1. The molecule has 2 aromatic carbocycles. The third-order valence-corrected chi connectivity index (χ3v) is 6.46. The van der Waals surface area contributed by atoms with Crippen LogP contribution in [0.5, 0.6) is 11.5 Å². The van der Waals surface area contributed by atoms with Gasteiger partial charge in [0.15, 0.2) is 0 Å². The van der Waals surface area contributed by atoms with Crippen LogP contribution < -0.4 is 4.74 Å². The molecule has 4 rings (SSSR count). The SMILES string of the molecule is COc1cc(-c2nc3cc4sc(C(C)(C)C)nc4cc3[nH]2)c(O)cc1C(C)(C)C. The number of imidazole rings is 1. The number of hydrogen-bond acceptors (Lipinski definition) is 5. The zero-order chi connectivity index (χ0) is 21.1. The molecule has 0 unspecified atom stereocenters. The lowest BCUT2D eigenvalue weighted by Gasteiger charge is -2.23. The van der Waals surface area contributed by atoms with Crippen molar-refractivity contribution >= 4 is 32.6 Å². The predicted molar refractivity (Wildman–Crippen MR) is 120 cm³/mol. The molecule has 0 aliphatic rings. The Kier molecular flexibility index (Phi) is 4.39. The number of nitrogens with zero attached hydrogens (tertiary/aromatic N) is 2. The van der Waals surface area contributed by atoms with Gasteiger partial charge in [-0.25, -0.2) is 9.97 Å². The topological polar surface area (TPSA) is 71.0 Å². The molecule has 2 heterocycles. The number of methoxy groups -OCH3 is 1. The lowest BCUT2D eigenvalue weighted by atomic mass is 9.85. The largest absolute Gasteiger partial charge is 0.507 e. The van der Waals surface area contributed by atoms with Crippen LogP contribution in [0.2, 0.25) is 0 Å². The van der Waals surface area contributed by atoms with E-state index in [0.29, 0.717) is 11.4 Å². The van der Waals surface area contributed by atoms with E-state index in [9.17, 15) is 5.11 Å². The van der Waals surface area contributed by atoms with Crippen molar-refractivity contribution in [3.05, 3.63) is 34.8 Å². The van der Waals surface area contributed by atoms with Crippen molar-refractivity contribution in [1.82, 2.24) is 15.0 Å². The number of fused-ring (bicyclic) bond motifs is 2. The van der Waals surface area contributed by atoms with Crippen molar-refractivity contribution in [2.75, 3.05) is 7.11 Å². The molecule has 5 nitrogen and oxygen atoms in total. The van der Waals surface area contributed by atoms with Crippen LogP contribution in [0.3, 0.4) is 0 Å². The van der Waals surface area contributed by atoms with Crippen LogP contribution in [-0.4, -0.2) is 27.2 Å². The average Bonchev–Trinajstić information content (AvgIpc) is 3.21. The van der Waals surface area contributed by atoms with Gasteiger partial charge in [-0.05, 0) is 29.7 Å². The van der Waals surface area contributed by atoms with Crippen LogP contribution in [0.4, 0.5) is 0 Å². The van der Waals surface area contributed by atoms with E-state index >= 15 is 0 Å². The number of nitrogens with one attached hydrogen (secondary N) is 1. The van der Waals surface area contributed by atoms with E-state index in [1.807, 2.05) is 12.1 Å². The summed E-state index contributed by atoms with van der Waals surface area (Å²) in [5.74, 6) is 1.54. The summed E-state index contributed by atoms with van der Waals surface area (Å²) in [5, 5.41) is 11.8. The van der Waals surface area contributed by atoms with Gasteiger partial charge in [-0.2, -0.15) is 0 Å². The van der Waals surface area contributed by atoms with Gasteiger partial charge in [0, 0.05) is 11.0 Å². The van der Waals surface area contributed by atoms with Gasteiger partial charge in [0.2, 0.25) is 0 Å². The molecule has 0 radical (unpaired) electrons. The first kappa shape index (κ1) is 19.7. The Morgan fingerprint density at radius 2 is 1.66 bits per heavy atom. The molecule has 4 aromatic rings. The van der Waals surface area contributed by atoms with E-state index in [1.54, 1.807) is 24.5 Å². The van der Waals surface area contributed by atoms with Crippen molar-refractivity contribution < 1.29 is 9.84 Å². The fourth-order valence-electron chi connectivity index (χ4n) is 3.39. The first-order chi connectivity index (χ1) is 13.5. The molecule has 29 heavy (non-hydrogen) atoms. The molecule has 2 N–H and O–H groups in total. The number of phenolic OH excluding ortho intramolecular Hbond substituents is 1. The van der Waals surface area contributed by atoms with Crippen LogP contribution in [-0.2, 0) is 10.8 Å². The van der Waals surface area contributed by atoms with E-state index in [2.05, 4.69) is 52.6 Å². The summed E-state index contributed by atoms with van der Waals surface area (Å²) in [6.45, 7) is 12.8. The van der Waals surface area contributed by atoms with Crippen LogP contribution in [0.25, 0.3) is 32.6 Å². The van der Waals surface area contributed by atoms with Crippen LogP contribution in [0.15, 0.2) is 24.3 Å². The number of phenols is 1. The molecule has 0 atom stereocenters. The second-order valence-electron chi connectivity index (χ2n) is 9.51. The molecular weight excluding hydrogens is 382 g/mol. The Bertz CT molecular complexity index is 1170. The maximum Gasteiger partial charge on any atom is 0.142 e. The normalized spacial score (nSPS) is 12.8. The second-order valence-corrected chi connectivity index (χ2v) is 10.5. The smallest absolute Gasteiger partial charge is 0.142 e. The average molecular weight is 410 g/mol. The highest BCUT2D eigenvalue weighted by molar-refractivity contribution is 7.18. The summed E-state index contributed by atoms with van der Waals surface area (Å²) < 4.78 is 6.71. The number of aromatic amines is 1. The van der Waals surface area contributed by atoms with Crippen LogP contribution >= 0.6 is 11.3 Å². The molecule has 0 spiro atoms. The second kappa shape index (κ2) is 6.46. The summed E-state index contributed by atoms with van der Waals surface area (Å²) in [5.41, 5.74) is 4.18. The summed E-state index contributed by atoms with van der Waals surface area (Å²) in [6, 6.07) is 7.73. The van der Waals surface area contributed by atoms with Crippen LogP contribution in [0.1, 0.15) is 52.1 Å². The molecule has 2 aromatic heterocycles. The van der Waals surface area contributed by atoms with E-state index in [0.717, 1.165) is 37.6 Å². The zero-order valence-electron chi connectivity index (χ0n) is 18.0. The Morgan fingerprint density at radius 1 is 0.931 bits per heavy atom. The highest BCUT2D eigenvalue weighted by Gasteiger charge is 2.23. The van der Waals surface area contributed by atoms with Gasteiger partial charge in [0.05, 0.1) is 38.9 Å². The summed E-state index contributed by atoms with van der Waals surface area (Å²) in [6.07, 6.45) is 0. The van der Waals surface area contributed by atoms with Crippen LogP contribution in [0, 0.1) is 0 Å². The monoisotopic (exact) mass is 409 g/mol. The van der Waals surface area contributed by atoms with Gasteiger partial charge in [-0.1, -0.05) is 41.5 Å². The molecule has 0 aliphatic carbocycles. The molecule has 0 saturated carbocycles. The third-order valence-electron chi connectivity index (χ3n) is 5.01. The van der Waals surface area contributed by atoms with Gasteiger partial charge in [0.25, 0.3) is 0 Å². The standard InChI is InChI=1S/C23H27N3O2S/c1-22(2,3)13-9-17(27)12(8-18(13)28-7)20-24-14-10-16-19(11-15(14)25-20)29-21(26-16)23(4,5)6/h8-11,27H,1-7H3,(H,24,25). The van der Waals surface area contributed by atoms with Gasteiger partial charge in [-0.15, -0.1) is 11.3 Å². The first-order valence-corrected chi connectivity index (χ1v) is 10.5. The Labute approximate surface area is 174 Å². The van der Waals surface area contributed by atoms with E-state index < -0.39 is 0 Å². The number of rotatable bonds is 2. The molecule has 0 saturated heterocycles. The number of aromatic nitrogens is 3. The molecular formula is C23H27N3O2S. The Morgan fingerprint density at radius 3 is 2.28 bits per heavy atom. The third kappa shape index (κ3) is 3.46. The lowest BCUT2D eigenvalue weighted by molar-refractivity contribution is 0.394. The zero-order valence-corrected chi connectivity index (χ0v) is 18.8. The number of hydrogen-bond donors (Lipinski definition) is 2. The van der Waals surface area contributed by atoms with E-state index in [4.69, 9.17) is 14.7 Å². The van der Waals surface area contributed by atoms with Gasteiger partial charge in [0.1, 0.15) is 17.3 Å². The van der Waals surface area contributed by atoms with Gasteiger partial charge >= 0.3 is 0 Å². The number of aromatic hydroxyl groups is 1. The lowest BCUT2D eigenvalue weighted by Crippen LogP contribution is -2.12. The van der Waals surface area contributed by atoms with E-state index in [1.165, 1.54) is 0 Å². The molecule has 0 fully saturated rings. The van der Waals surface area contributed by atoms with Crippen molar-refractivity contribution in [3.63, 3.8) is 0 Å².